The van der Waals surface area contributed by atoms with Crippen LogP contribution in [-0.2, 0) is 0 Å². The molecule has 0 fully saturated rings. The first-order valence-electron chi connectivity index (χ1n) is 6.59. The molecule has 0 saturated heterocycles. The van der Waals surface area contributed by atoms with Crippen LogP contribution in [0.4, 0.5) is 0 Å². The number of guanidine groups is 1. The molecule has 0 aliphatic rings. The van der Waals surface area contributed by atoms with Crippen LogP contribution in [0.2, 0.25) is 0 Å². The maximum absolute atomic E-state index is 11.6. The van der Waals surface area contributed by atoms with Crippen molar-refractivity contribution in [1.29, 1.82) is 0 Å². The van der Waals surface area contributed by atoms with Gasteiger partial charge in [-0.2, -0.15) is 0 Å². The van der Waals surface area contributed by atoms with E-state index in [9.17, 15) is 4.79 Å². The first-order valence-corrected chi connectivity index (χ1v) is 7.47. The minimum absolute atomic E-state index is 0.0203. The maximum atomic E-state index is 11.6. The molecule has 0 aliphatic carbocycles. The van der Waals surface area contributed by atoms with Crippen LogP contribution in [0.25, 0.3) is 0 Å². The Kier molecular flexibility index (Phi) is 7.65. The molecule has 5 nitrogen and oxygen atoms in total. The lowest BCUT2D eigenvalue weighted by Crippen LogP contribution is -2.32. The van der Waals surface area contributed by atoms with Crippen molar-refractivity contribution in [1.82, 2.24) is 10.6 Å². The van der Waals surface area contributed by atoms with Gasteiger partial charge < -0.3 is 16.4 Å². The smallest absolute Gasteiger partial charge is 0.261 e. The van der Waals surface area contributed by atoms with Gasteiger partial charge in [-0.25, -0.2) is 0 Å². The fourth-order valence-corrected chi connectivity index (χ4v) is 2.06. The number of hydrogen-bond donors (Lipinski definition) is 3. The molecule has 4 N–H and O–H groups in total. The van der Waals surface area contributed by atoms with E-state index in [1.54, 1.807) is 0 Å². The highest BCUT2D eigenvalue weighted by Crippen LogP contribution is 2.07. The zero-order valence-corrected chi connectivity index (χ0v) is 12.1. The molecule has 0 bridgehead atoms. The van der Waals surface area contributed by atoms with Gasteiger partial charge in [-0.05, 0) is 24.3 Å². The molecular formula is C13H22N4OS. The van der Waals surface area contributed by atoms with E-state index in [2.05, 4.69) is 22.5 Å². The Morgan fingerprint density at radius 1 is 1.37 bits per heavy atom. The number of thiophene rings is 1. The molecule has 6 heteroatoms. The number of nitrogens with one attached hydrogen (secondary N) is 2. The SMILES string of the molecule is CCCCNC(N)=NCCCNC(=O)c1cccs1. The number of hydrogen-bond acceptors (Lipinski definition) is 3. The van der Waals surface area contributed by atoms with E-state index >= 15 is 0 Å². The lowest BCUT2D eigenvalue weighted by Gasteiger charge is -2.05. The van der Waals surface area contributed by atoms with Crippen LogP contribution >= 0.6 is 11.3 Å². The summed E-state index contributed by atoms with van der Waals surface area (Å²) in [6.45, 7) is 4.23. The highest BCUT2D eigenvalue weighted by atomic mass is 32.1. The molecule has 0 spiro atoms. The molecule has 19 heavy (non-hydrogen) atoms. The third-order valence-electron chi connectivity index (χ3n) is 2.48. The Labute approximate surface area is 118 Å². The Hall–Kier alpha value is -1.56. The molecule has 1 amide bonds. The summed E-state index contributed by atoms with van der Waals surface area (Å²) in [4.78, 5) is 16.5. The maximum Gasteiger partial charge on any atom is 0.261 e. The number of carbonyl (C=O) groups excluding carboxylic acids is 1. The van der Waals surface area contributed by atoms with Gasteiger partial charge in [-0.3, -0.25) is 9.79 Å². The van der Waals surface area contributed by atoms with E-state index in [-0.39, 0.29) is 5.91 Å². The number of nitrogens with two attached hydrogens (primary N) is 1. The van der Waals surface area contributed by atoms with Gasteiger partial charge in [0, 0.05) is 19.6 Å². The number of unbranched alkanes of at least 4 members (excludes halogenated alkanes) is 1. The van der Waals surface area contributed by atoms with Crippen molar-refractivity contribution in [3.05, 3.63) is 22.4 Å². The van der Waals surface area contributed by atoms with Gasteiger partial charge in [0.15, 0.2) is 5.96 Å². The van der Waals surface area contributed by atoms with Crippen molar-refractivity contribution in [2.45, 2.75) is 26.2 Å². The molecule has 106 valence electrons. The Morgan fingerprint density at radius 3 is 2.84 bits per heavy atom. The van der Waals surface area contributed by atoms with E-state index in [0.29, 0.717) is 19.0 Å². The number of aliphatic imine (C=N–C) groups is 1. The minimum Gasteiger partial charge on any atom is -0.370 e. The van der Waals surface area contributed by atoms with Crippen LogP contribution in [-0.4, -0.2) is 31.5 Å². The molecule has 1 aromatic rings. The monoisotopic (exact) mass is 282 g/mol. The van der Waals surface area contributed by atoms with Gasteiger partial charge in [0.05, 0.1) is 4.88 Å². The van der Waals surface area contributed by atoms with Crippen LogP contribution < -0.4 is 16.4 Å². The zero-order chi connectivity index (χ0) is 13.9. The predicted molar refractivity (Wildman–Crippen MR) is 80.7 cm³/mol. The second-order valence-corrected chi connectivity index (χ2v) is 5.08. The van der Waals surface area contributed by atoms with Gasteiger partial charge >= 0.3 is 0 Å². The molecule has 1 rings (SSSR count). The summed E-state index contributed by atoms with van der Waals surface area (Å²) < 4.78 is 0. The number of rotatable bonds is 8. The Balaban J connectivity index is 2.07. The standard InChI is InChI=1S/C13H22N4OS/c1-2-3-7-16-13(14)17-9-5-8-15-12(18)11-6-4-10-19-11/h4,6,10H,2-3,5,7-9H2,1H3,(H,15,18)(H3,14,16,17). The van der Waals surface area contributed by atoms with E-state index < -0.39 is 0 Å². The molecule has 1 aromatic heterocycles. The van der Waals surface area contributed by atoms with Gasteiger partial charge in [-0.1, -0.05) is 19.4 Å². The van der Waals surface area contributed by atoms with Gasteiger partial charge in [0.25, 0.3) is 5.91 Å². The fourth-order valence-electron chi connectivity index (χ4n) is 1.42. The molecule has 1 heterocycles. The van der Waals surface area contributed by atoms with Crippen molar-refractivity contribution in [2.75, 3.05) is 19.6 Å². The van der Waals surface area contributed by atoms with E-state index in [4.69, 9.17) is 5.73 Å². The number of carbonyl (C=O) groups is 1. The lowest BCUT2D eigenvalue weighted by atomic mass is 10.3. The van der Waals surface area contributed by atoms with Crippen molar-refractivity contribution in [3.63, 3.8) is 0 Å². The highest BCUT2D eigenvalue weighted by molar-refractivity contribution is 7.12. The second kappa shape index (κ2) is 9.38. The highest BCUT2D eigenvalue weighted by Gasteiger charge is 2.04. The minimum atomic E-state index is -0.0203. The van der Waals surface area contributed by atoms with Crippen LogP contribution in [0.3, 0.4) is 0 Å². The molecule has 0 radical (unpaired) electrons. The third-order valence-corrected chi connectivity index (χ3v) is 3.35. The van der Waals surface area contributed by atoms with Crippen LogP contribution in [0.15, 0.2) is 22.5 Å². The van der Waals surface area contributed by atoms with Gasteiger partial charge in [-0.15, -0.1) is 11.3 Å². The summed E-state index contributed by atoms with van der Waals surface area (Å²) in [5.41, 5.74) is 5.69. The summed E-state index contributed by atoms with van der Waals surface area (Å²) in [5.74, 6) is 0.464. The summed E-state index contributed by atoms with van der Waals surface area (Å²) in [6.07, 6.45) is 3.01. The molecule has 0 aromatic carbocycles. The van der Waals surface area contributed by atoms with E-state index in [1.807, 2.05) is 17.5 Å². The number of nitrogens with zero attached hydrogens (tertiary/aromatic N) is 1. The first kappa shape index (κ1) is 15.5. The average molecular weight is 282 g/mol. The summed E-state index contributed by atoms with van der Waals surface area (Å²) in [7, 11) is 0. The summed E-state index contributed by atoms with van der Waals surface area (Å²) >= 11 is 1.44. The van der Waals surface area contributed by atoms with E-state index in [1.165, 1.54) is 11.3 Å². The first-order chi connectivity index (χ1) is 9.24. The van der Waals surface area contributed by atoms with Crippen molar-refractivity contribution >= 4 is 23.2 Å². The normalized spacial score (nSPS) is 11.3. The quantitative estimate of drug-likeness (QED) is 0.385. The average Bonchev–Trinajstić information content (AvgIpc) is 2.92. The fraction of sp³-hybridized carbons (Fsp3) is 0.538. The topological polar surface area (TPSA) is 79.5 Å². The predicted octanol–water partition coefficient (Wildman–Crippen LogP) is 1.57. The second-order valence-electron chi connectivity index (χ2n) is 4.13. The molecule has 0 atom stereocenters. The summed E-state index contributed by atoms with van der Waals surface area (Å²) in [5, 5.41) is 7.79. The third kappa shape index (κ3) is 6.81. The van der Waals surface area contributed by atoms with Crippen LogP contribution in [0.1, 0.15) is 35.9 Å². The Bertz CT molecular complexity index is 389. The van der Waals surface area contributed by atoms with Crippen molar-refractivity contribution in [2.24, 2.45) is 10.7 Å². The zero-order valence-electron chi connectivity index (χ0n) is 11.3. The van der Waals surface area contributed by atoms with Gasteiger partial charge in [0.2, 0.25) is 0 Å². The molecule has 0 aliphatic heterocycles. The lowest BCUT2D eigenvalue weighted by molar-refractivity contribution is 0.0957. The van der Waals surface area contributed by atoms with Crippen molar-refractivity contribution < 1.29 is 4.79 Å². The Morgan fingerprint density at radius 2 is 2.16 bits per heavy atom. The molecule has 0 unspecified atom stereocenters. The number of amides is 1. The largest absolute Gasteiger partial charge is 0.370 e. The van der Waals surface area contributed by atoms with Crippen LogP contribution in [0, 0.1) is 0 Å². The van der Waals surface area contributed by atoms with Crippen LogP contribution in [0.5, 0.6) is 0 Å². The van der Waals surface area contributed by atoms with Gasteiger partial charge in [0.1, 0.15) is 0 Å². The molecular weight excluding hydrogens is 260 g/mol. The van der Waals surface area contributed by atoms with Crippen molar-refractivity contribution in [3.8, 4) is 0 Å². The summed E-state index contributed by atoms with van der Waals surface area (Å²) in [6, 6.07) is 3.68. The molecule has 0 saturated carbocycles. The van der Waals surface area contributed by atoms with E-state index in [0.717, 1.165) is 30.7 Å².